The number of hydrogen-bond donors (Lipinski definition) is 0. The van der Waals surface area contributed by atoms with Crippen LogP contribution in [0.25, 0.3) is 0 Å². The summed E-state index contributed by atoms with van der Waals surface area (Å²) in [7, 11) is 0. The second kappa shape index (κ2) is 7.83. The van der Waals surface area contributed by atoms with Crippen molar-refractivity contribution in [1.29, 1.82) is 0 Å². The van der Waals surface area contributed by atoms with Crippen molar-refractivity contribution in [2.75, 3.05) is 6.54 Å². The molecule has 3 nitrogen and oxygen atoms in total. The fourth-order valence-electron chi connectivity index (χ4n) is 0.542. The Balaban J connectivity index is 3.04. The molecule has 0 spiro atoms. The van der Waals surface area contributed by atoms with Gasteiger partial charge in [0.05, 0.1) is 6.54 Å². The van der Waals surface area contributed by atoms with E-state index in [-0.39, 0.29) is 0 Å². The summed E-state index contributed by atoms with van der Waals surface area (Å²) < 4.78 is 0. The summed E-state index contributed by atoms with van der Waals surface area (Å²) in [5, 5.41) is 0. The molecule has 0 atom stereocenters. The highest BCUT2D eigenvalue weighted by atomic mass is 16.1. The summed E-state index contributed by atoms with van der Waals surface area (Å²) in [6.45, 7) is 0.510. The molecule has 0 radical (unpaired) electrons. The Morgan fingerprint density at radius 1 is 1.30 bits per heavy atom. The van der Waals surface area contributed by atoms with Crippen molar-refractivity contribution in [2.24, 2.45) is 4.99 Å². The van der Waals surface area contributed by atoms with Crippen molar-refractivity contribution in [3.63, 3.8) is 0 Å². The van der Waals surface area contributed by atoms with Crippen LogP contribution in [-0.2, 0) is 9.59 Å². The van der Waals surface area contributed by atoms with Crippen molar-refractivity contribution in [1.82, 2.24) is 0 Å². The predicted molar refractivity (Wildman–Crippen MR) is 37.1 cm³/mol. The third-order valence-corrected chi connectivity index (χ3v) is 1.02. The Kier molecular flexibility index (Phi) is 6.91. The number of nitrogens with zero attached hydrogens (tertiary/aromatic N) is 1. The van der Waals surface area contributed by atoms with Crippen LogP contribution >= 0.6 is 0 Å². The van der Waals surface area contributed by atoms with E-state index in [9.17, 15) is 9.59 Å². The van der Waals surface area contributed by atoms with Gasteiger partial charge in [0.25, 0.3) is 0 Å². The maximum atomic E-state index is 9.63. The lowest BCUT2D eigenvalue weighted by Gasteiger charge is -1.87. The molecule has 0 aliphatic rings. The van der Waals surface area contributed by atoms with Gasteiger partial charge < -0.3 is 0 Å². The topological polar surface area (TPSA) is 46.5 Å². The van der Waals surface area contributed by atoms with Gasteiger partial charge in [-0.1, -0.05) is 0 Å². The molecule has 3 heteroatoms. The molecule has 0 rings (SSSR count). The second-order valence-electron chi connectivity index (χ2n) is 1.79. The zero-order chi connectivity index (χ0) is 7.66. The third-order valence-electron chi connectivity index (χ3n) is 1.02. The minimum atomic E-state index is 0.510. The molecule has 0 saturated carbocycles. The number of unbranched alkanes of at least 4 members (excludes halogenated alkanes) is 2. The molecule has 0 aromatic rings. The standard InChI is InChI=1S/C7H9NO2/c9-6-4-2-1-3-5-8-7-10/h4H,1-3,5H2. The number of allylic oxidation sites excluding steroid dienone is 1. The van der Waals surface area contributed by atoms with E-state index in [1.165, 1.54) is 12.2 Å². The molecule has 0 bridgehead atoms. The highest BCUT2D eigenvalue weighted by Gasteiger charge is 1.82. The quantitative estimate of drug-likeness (QED) is 0.245. The lowest BCUT2D eigenvalue weighted by atomic mass is 10.2. The minimum absolute atomic E-state index is 0.510. The van der Waals surface area contributed by atoms with Gasteiger partial charge in [-0.2, -0.15) is 0 Å². The van der Waals surface area contributed by atoms with Crippen LogP contribution < -0.4 is 0 Å². The average molecular weight is 139 g/mol. The van der Waals surface area contributed by atoms with E-state index in [0.717, 1.165) is 19.3 Å². The second-order valence-corrected chi connectivity index (χ2v) is 1.79. The highest BCUT2D eigenvalue weighted by molar-refractivity contribution is 5.44. The molecule has 0 fully saturated rings. The Morgan fingerprint density at radius 2 is 2.10 bits per heavy atom. The van der Waals surface area contributed by atoms with Gasteiger partial charge in [0.15, 0.2) is 0 Å². The van der Waals surface area contributed by atoms with E-state index >= 15 is 0 Å². The van der Waals surface area contributed by atoms with Crippen molar-refractivity contribution in [3.05, 3.63) is 6.08 Å². The van der Waals surface area contributed by atoms with Crippen LogP contribution in [0.4, 0.5) is 0 Å². The SMILES string of the molecule is O=C=CCCCCN=C=O. The normalized spacial score (nSPS) is 7.60. The van der Waals surface area contributed by atoms with E-state index in [4.69, 9.17) is 0 Å². The van der Waals surface area contributed by atoms with Crippen molar-refractivity contribution >= 4 is 12.0 Å². The molecule has 0 aliphatic carbocycles. The van der Waals surface area contributed by atoms with Crippen molar-refractivity contribution in [2.45, 2.75) is 19.3 Å². The number of carbonyl (C=O) groups excluding carboxylic acids is 2. The summed E-state index contributed by atoms with van der Waals surface area (Å²) >= 11 is 0. The van der Waals surface area contributed by atoms with Crippen LogP contribution in [0.1, 0.15) is 19.3 Å². The van der Waals surface area contributed by atoms with E-state index in [0.29, 0.717) is 6.54 Å². The monoisotopic (exact) mass is 139 g/mol. The van der Waals surface area contributed by atoms with Crippen molar-refractivity contribution < 1.29 is 9.59 Å². The third kappa shape index (κ3) is 6.83. The largest absolute Gasteiger partial charge is 0.234 e. The molecule has 0 aromatic heterocycles. The first-order valence-electron chi connectivity index (χ1n) is 3.15. The number of isocyanates is 1. The lowest BCUT2D eigenvalue weighted by Crippen LogP contribution is -1.79. The highest BCUT2D eigenvalue weighted by Crippen LogP contribution is 1.94. The zero-order valence-electron chi connectivity index (χ0n) is 5.67. The molecular weight excluding hydrogens is 130 g/mol. The Labute approximate surface area is 59.5 Å². The summed E-state index contributed by atoms with van der Waals surface area (Å²) in [6.07, 6.45) is 5.30. The molecule has 54 valence electrons. The maximum absolute atomic E-state index is 9.63. The Hall–Kier alpha value is -1.17. The first-order chi connectivity index (χ1) is 4.91. The molecule has 0 amide bonds. The molecule has 0 unspecified atom stereocenters. The van der Waals surface area contributed by atoms with Gasteiger partial charge in [0, 0.05) is 0 Å². The van der Waals surface area contributed by atoms with Crippen LogP contribution in [-0.4, -0.2) is 18.6 Å². The van der Waals surface area contributed by atoms with Gasteiger partial charge >= 0.3 is 0 Å². The first kappa shape index (κ1) is 8.83. The Morgan fingerprint density at radius 3 is 2.70 bits per heavy atom. The van der Waals surface area contributed by atoms with Crippen molar-refractivity contribution in [3.8, 4) is 0 Å². The minimum Gasteiger partial charge on any atom is -0.234 e. The van der Waals surface area contributed by atoms with Gasteiger partial charge in [-0.05, 0) is 25.3 Å². The first-order valence-corrected chi connectivity index (χ1v) is 3.15. The fourth-order valence-corrected chi connectivity index (χ4v) is 0.542. The molecule has 10 heavy (non-hydrogen) atoms. The average Bonchev–Trinajstić information content (AvgIpc) is 1.97. The van der Waals surface area contributed by atoms with E-state index in [1.54, 1.807) is 5.94 Å². The fraction of sp³-hybridized carbons (Fsp3) is 0.571. The van der Waals surface area contributed by atoms with Gasteiger partial charge in [-0.25, -0.2) is 14.6 Å². The molecular formula is C7H9NO2. The van der Waals surface area contributed by atoms with Crippen LogP contribution in [0, 0.1) is 0 Å². The van der Waals surface area contributed by atoms with E-state index < -0.39 is 0 Å². The molecule has 0 aliphatic heterocycles. The van der Waals surface area contributed by atoms with Gasteiger partial charge in [-0.15, -0.1) is 0 Å². The molecule has 0 saturated heterocycles. The molecule has 0 heterocycles. The zero-order valence-corrected chi connectivity index (χ0v) is 5.67. The van der Waals surface area contributed by atoms with E-state index in [1.807, 2.05) is 0 Å². The summed E-state index contributed by atoms with van der Waals surface area (Å²) in [4.78, 5) is 22.5. The maximum Gasteiger partial charge on any atom is 0.234 e. The predicted octanol–water partition coefficient (Wildman–Crippen LogP) is 0.880. The smallest absolute Gasteiger partial charge is 0.234 e. The summed E-state index contributed by atoms with van der Waals surface area (Å²) in [6, 6.07) is 0. The van der Waals surface area contributed by atoms with Gasteiger partial charge in [-0.3, -0.25) is 0 Å². The van der Waals surface area contributed by atoms with Crippen LogP contribution in [0.3, 0.4) is 0 Å². The summed E-state index contributed by atoms with van der Waals surface area (Å²) in [5.74, 6) is 1.68. The van der Waals surface area contributed by atoms with Crippen LogP contribution in [0.2, 0.25) is 0 Å². The van der Waals surface area contributed by atoms with E-state index in [2.05, 4.69) is 4.99 Å². The van der Waals surface area contributed by atoms with Gasteiger partial charge in [0.2, 0.25) is 6.08 Å². The molecule has 0 aromatic carbocycles. The number of aliphatic imine (C=N–C) groups is 1. The number of rotatable bonds is 5. The van der Waals surface area contributed by atoms with Gasteiger partial charge in [0.1, 0.15) is 5.94 Å². The molecule has 0 N–H and O–H groups in total. The number of hydrogen-bond acceptors (Lipinski definition) is 3. The summed E-state index contributed by atoms with van der Waals surface area (Å²) in [5.41, 5.74) is 0. The lowest BCUT2D eigenvalue weighted by molar-refractivity contribution is 0.561. The van der Waals surface area contributed by atoms with Crippen LogP contribution in [0.5, 0.6) is 0 Å². The van der Waals surface area contributed by atoms with Crippen LogP contribution in [0.15, 0.2) is 11.1 Å². The Bertz CT molecular complexity index is 144.